The number of hydrogen-bond acceptors (Lipinski definition) is 3. The Morgan fingerprint density at radius 1 is 1.15 bits per heavy atom. The molecule has 1 heterocycles. The number of alkyl halides is 3. The molecule has 0 spiro atoms. The van der Waals surface area contributed by atoms with Gasteiger partial charge in [-0.2, -0.15) is 13.2 Å². The van der Waals surface area contributed by atoms with Crippen LogP contribution in [0.1, 0.15) is 22.9 Å². The van der Waals surface area contributed by atoms with Crippen molar-refractivity contribution in [2.45, 2.75) is 18.8 Å². The van der Waals surface area contributed by atoms with Gasteiger partial charge in [-0.3, -0.25) is 9.89 Å². The van der Waals surface area contributed by atoms with Gasteiger partial charge in [0.05, 0.1) is 17.9 Å². The zero-order chi connectivity index (χ0) is 19.2. The van der Waals surface area contributed by atoms with Crippen LogP contribution in [-0.2, 0) is 12.7 Å². The number of hydrogen-bond donors (Lipinski definition) is 2. The molecule has 0 aliphatic heterocycles. The number of guanidine groups is 1. The van der Waals surface area contributed by atoms with Crippen LogP contribution in [0, 0.1) is 0 Å². The van der Waals surface area contributed by atoms with E-state index in [0.717, 1.165) is 23.5 Å². The predicted molar refractivity (Wildman–Crippen MR) is 110 cm³/mol. The van der Waals surface area contributed by atoms with E-state index in [1.807, 2.05) is 31.1 Å². The number of aliphatic imine (C=N–C) groups is 1. The lowest BCUT2D eigenvalue weighted by Gasteiger charge is -2.23. The Morgan fingerprint density at radius 2 is 1.81 bits per heavy atom. The monoisotopic (exact) mass is 496 g/mol. The van der Waals surface area contributed by atoms with E-state index in [1.165, 1.54) is 12.1 Å². The van der Waals surface area contributed by atoms with Crippen LogP contribution in [0.4, 0.5) is 13.2 Å². The topological polar surface area (TPSA) is 52.8 Å². The molecule has 0 aliphatic carbocycles. The summed E-state index contributed by atoms with van der Waals surface area (Å²) in [6.45, 7) is 0.929. The molecule has 1 aromatic heterocycles. The second-order valence-electron chi connectivity index (χ2n) is 6.00. The largest absolute Gasteiger partial charge is 0.468 e. The van der Waals surface area contributed by atoms with Gasteiger partial charge in [-0.25, -0.2) is 0 Å². The van der Waals surface area contributed by atoms with Crippen molar-refractivity contribution in [3.63, 3.8) is 0 Å². The minimum Gasteiger partial charge on any atom is -0.468 e. The molecule has 5 nitrogen and oxygen atoms in total. The third-order valence-electron chi connectivity index (χ3n) is 3.92. The third-order valence-corrected chi connectivity index (χ3v) is 3.92. The summed E-state index contributed by atoms with van der Waals surface area (Å²) in [7, 11) is 5.54. The Bertz CT molecular complexity index is 700. The fraction of sp³-hybridized carbons (Fsp3) is 0.389. The highest BCUT2D eigenvalue weighted by atomic mass is 127. The van der Waals surface area contributed by atoms with Gasteiger partial charge in [0.15, 0.2) is 5.96 Å². The summed E-state index contributed by atoms with van der Waals surface area (Å²) in [5.41, 5.74) is 0.0761. The zero-order valence-corrected chi connectivity index (χ0v) is 17.7. The number of furan rings is 1. The van der Waals surface area contributed by atoms with Gasteiger partial charge in [0.25, 0.3) is 0 Å². The van der Waals surface area contributed by atoms with Gasteiger partial charge in [-0.1, -0.05) is 12.1 Å². The van der Waals surface area contributed by atoms with E-state index in [4.69, 9.17) is 4.42 Å². The molecule has 2 N–H and O–H groups in total. The highest BCUT2D eigenvalue weighted by molar-refractivity contribution is 14.0. The first-order valence-corrected chi connectivity index (χ1v) is 8.11. The van der Waals surface area contributed by atoms with Gasteiger partial charge in [-0.15, -0.1) is 24.0 Å². The van der Waals surface area contributed by atoms with Gasteiger partial charge >= 0.3 is 6.18 Å². The highest BCUT2D eigenvalue weighted by Gasteiger charge is 2.29. The molecule has 2 rings (SSSR count). The molecule has 9 heteroatoms. The summed E-state index contributed by atoms with van der Waals surface area (Å²) in [5.74, 6) is 1.39. The minimum atomic E-state index is -4.32. The van der Waals surface area contributed by atoms with E-state index in [9.17, 15) is 13.2 Å². The molecule has 1 unspecified atom stereocenters. The highest BCUT2D eigenvalue weighted by Crippen LogP contribution is 2.29. The molecule has 0 amide bonds. The van der Waals surface area contributed by atoms with Gasteiger partial charge in [0.1, 0.15) is 5.76 Å². The van der Waals surface area contributed by atoms with Crippen molar-refractivity contribution >= 4 is 29.9 Å². The van der Waals surface area contributed by atoms with Crippen LogP contribution in [-0.4, -0.2) is 38.5 Å². The molecule has 27 heavy (non-hydrogen) atoms. The number of nitrogens with zero attached hydrogens (tertiary/aromatic N) is 2. The maximum absolute atomic E-state index is 12.6. The van der Waals surface area contributed by atoms with Crippen molar-refractivity contribution in [3.05, 3.63) is 59.5 Å². The Kier molecular flexibility index (Phi) is 9.10. The molecule has 1 atom stereocenters. The minimum absolute atomic E-state index is 0. The average Bonchev–Trinajstić information content (AvgIpc) is 3.11. The van der Waals surface area contributed by atoms with E-state index in [0.29, 0.717) is 19.0 Å². The molecular formula is C18H24F3IN4O. The number of likely N-dealkylation sites (N-methyl/N-ethyl adjacent to an activating group) is 1. The van der Waals surface area contributed by atoms with E-state index >= 15 is 0 Å². The third kappa shape index (κ3) is 7.06. The lowest BCUT2D eigenvalue weighted by Crippen LogP contribution is -2.41. The van der Waals surface area contributed by atoms with Crippen molar-refractivity contribution in [2.75, 3.05) is 27.7 Å². The van der Waals surface area contributed by atoms with E-state index < -0.39 is 11.7 Å². The van der Waals surface area contributed by atoms with Crippen molar-refractivity contribution in [1.82, 2.24) is 15.5 Å². The summed E-state index contributed by atoms with van der Waals surface area (Å²) in [6.07, 6.45) is -2.69. The lowest BCUT2D eigenvalue weighted by atomic mass is 10.1. The predicted octanol–water partition coefficient (Wildman–Crippen LogP) is 3.88. The van der Waals surface area contributed by atoms with Crippen LogP contribution in [0.15, 0.2) is 52.1 Å². The molecule has 0 saturated heterocycles. The number of nitrogens with one attached hydrogen (secondary N) is 2. The first kappa shape index (κ1) is 23.3. The van der Waals surface area contributed by atoms with Crippen LogP contribution < -0.4 is 10.6 Å². The number of rotatable bonds is 6. The quantitative estimate of drug-likeness (QED) is 0.362. The molecule has 1 aromatic carbocycles. The lowest BCUT2D eigenvalue weighted by molar-refractivity contribution is -0.137. The molecule has 0 radical (unpaired) electrons. The van der Waals surface area contributed by atoms with Crippen molar-refractivity contribution in [2.24, 2.45) is 4.99 Å². The molecule has 2 aromatic rings. The molecule has 150 valence electrons. The zero-order valence-electron chi connectivity index (χ0n) is 15.4. The van der Waals surface area contributed by atoms with Crippen molar-refractivity contribution in [1.29, 1.82) is 0 Å². The van der Waals surface area contributed by atoms with Crippen LogP contribution in [0.5, 0.6) is 0 Å². The summed E-state index contributed by atoms with van der Waals surface area (Å²) < 4.78 is 43.2. The van der Waals surface area contributed by atoms with Gasteiger partial charge < -0.3 is 15.1 Å². The summed E-state index contributed by atoms with van der Waals surface area (Å²) in [5, 5.41) is 6.29. The van der Waals surface area contributed by atoms with E-state index in [1.54, 1.807) is 13.3 Å². The smallest absolute Gasteiger partial charge is 0.416 e. The summed E-state index contributed by atoms with van der Waals surface area (Å²) >= 11 is 0. The Hall–Kier alpha value is -1.75. The summed E-state index contributed by atoms with van der Waals surface area (Å²) in [4.78, 5) is 6.16. The average molecular weight is 496 g/mol. The number of halogens is 4. The van der Waals surface area contributed by atoms with E-state index in [-0.39, 0.29) is 30.0 Å². The van der Waals surface area contributed by atoms with Crippen LogP contribution in [0.2, 0.25) is 0 Å². The SMILES string of the molecule is CN=C(NCc1ccc(C(F)(F)F)cc1)NCC(c1ccco1)N(C)C.I. The van der Waals surface area contributed by atoms with Crippen LogP contribution in [0.3, 0.4) is 0 Å². The normalized spacial score (nSPS) is 13.2. The van der Waals surface area contributed by atoms with Gasteiger partial charge in [-0.05, 0) is 43.9 Å². The van der Waals surface area contributed by atoms with E-state index in [2.05, 4.69) is 15.6 Å². The maximum atomic E-state index is 12.6. The Labute approximate surface area is 174 Å². The fourth-order valence-electron chi connectivity index (χ4n) is 2.43. The first-order valence-electron chi connectivity index (χ1n) is 8.11. The van der Waals surface area contributed by atoms with Crippen LogP contribution in [0.25, 0.3) is 0 Å². The Balaban J connectivity index is 0.00000364. The second-order valence-corrected chi connectivity index (χ2v) is 6.00. The second kappa shape index (κ2) is 10.5. The molecular weight excluding hydrogens is 472 g/mol. The van der Waals surface area contributed by atoms with Crippen LogP contribution >= 0.6 is 24.0 Å². The standard InChI is InChI=1S/C18H23F3N4O.HI/c1-22-17(24-12-15(25(2)3)16-5-4-10-26-16)23-11-13-6-8-14(9-7-13)18(19,20)21;/h4-10,15H,11-12H2,1-3H3,(H2,22,23,24);1H. The maximum Gasteiger partial charge on any atom is 0.416 e. The molecule has 0 saturated carbocycles. The van der Waals surface area contributed by atoms with Crippen molar-refractivity contribution in [3.8, 4) is 0 Å². The number of benzene rings is 1. The van der Waals surface area contributed by atoms with Gasteiger partial charge in [0, 0.05) is 20.1 Å². The summed E-state index contributed by atoms with van der Waals surface area (Å²) in [6, 6.07) is 8.82. The first-order chi connectivity index (χ1) is 12.3. The molecule has 0 fully saturated rings. The van der Waals surface area contributed by atoms with Crippen molar-refractivity contribution < 1.29 is 17.6 Å². The molecule has 0 bridgehead atoms. The molecule has 0 aliphatic rings. The van der Waals surface area contributed by atoms with Gasteiger partial charge in [0.2, 0.25) is 0 Å². The fourth-order valence-corrected chi connectivity index (χ4v) is 2.43. The Morgan fingerprint density at radius 3 is 2.30 bits per heavy atom.